The summed E-state index contributed by atoms with van der Waals surface area (Å²) >= 11 is 0. The van der Waals surface area contributed by atoms with Crippen LogP contribution in [0, 0.1) is 17.3 Å². The number of ketones is 1. The highest BCUT2D eigenvalue weighted by Gasteiger charge is 2.55. The average molecular weight is 250 g/mol. The number of rotatable bonds is 3. The Labute approximate surface area is 109 Å². The van der Waals surface area contributed by atoms with Crippen LogP contribution in [0.1, 0.15) is 46.5 Å². The minimum absolute atomic E-state index is 0.111. The van der Waals surface area contributed by atoms with Crippen molar-refractivity contribution in [2.75, 3.05) is 6.61 Å². The highest BCUT2D eigenvalue weighted by Crippen LogP contribution is 2.55. The summed E-state index contributed by atoms with van der Waals surface area (Å²) in [4.78, 5) is 24.0. The zero-order chi connectivity index (χ0) is 13.3. The molecule has 18 heavy (non-hydrogen) atoms. The Hall–Kier alpha value is -1.12. The average Bonchev–Trinajstić information content (AvgIpc) is 2.69. The first-order valence-electron chi connectivity index (χ1n) is 6.93. The summed E-state index contributed by atoms with van der Waals surface area (Å²) in [5.41, 5.74) is 0.522. The van der Waals surface area contributed by atoms with Crippen LogP contribution in [0.4, 0.5) is 0 Å². The monoisotopic (exact) mass is 250 g/mol. The van der Waals surface area contributed by atoms with Gasteiger partial charge < -0.3 is 4.74 Å². The molecule has 0 saturated heterocycles. The predicted molar refractivity (Wildman–Crippen MR) is 69.0 cm³/mol. The number of ether oxygens (including phenoxy) is 1. The highest BCUT2D eigenvalue weighted by molar-refractivity contribution is 5.95. The molecule has 1 saturated carbocycles. The molecule has 0 spiro atoms. The number of hydrogen-bond acceptors (Lipinski definition) is 3. The zero-order valence-corrected chi connectivity index (χ0v) is 11.5. The van der Waals surface area contributed by atoms with Crippen LogP contribution in [0.25, 0.3) is 0 Å². The van der Waals surface area contributed by atoms with E-state index in [1.807, 2.05) is 6.92 Å². The van der Waals surface area contributed by atoms with E-state index in [1.54, 1.807) is 6.08 Å². The molecule has 0 aliphatic heterocycles. The molecule has 2 atom stereocenters. The topological polar surface area (TPSA) is 43.4 Å². The maximum absolute atomic E-state index is 12.4. The largest absolute Gasteiger partial charge is 0.465 e. The second kappa shape index (κ2) is 4.87. The molecule has 0 heterocycles. The third kappa shape index (κ3) is 1.90. The van der Waals surface area contributed by atoms with Crippen molar-refractivity contribution in [1.29, 1.82) is 0 Å². The molecule has 3 nitrogen and oxygen atoms in total. The SMILES string of the molecule is CCOC(=O)[C@]12CCC(=O)C=C1CC[C@@H]2C(C)C. The van der Waals surface area contributed by atoms with Gasteiger partial charge in [-0.15, -0.1) is 0 Å². The third-order valence-corrected chi connectivity index (χ3v) is 4.48. The second-order valence-corrected chi connectivity index (χ2v) is 5.72. The van der Waals surface area contributed by atoms with Gasteiger partial charge in [0.2, 0.25) is 0 Å². The molecule has 1 fully saturated rings. The van der Waals surface area contributed by atoms with E-state index in [9.17, 15) is 9.59 Å². The van der Waals surface area contributed by atoms with Crippen molar-refractivity contribution in [3.63, 3.8) is 0 Å². The molecule has 2 rings (SSSR count). The molecule has 3 heteroatoms. The molecule has 0 aromatic carbocycles. The maximum Gasteiger partial charge on any atom is 0.316 e. The molecular formula is C15H22O3. The van der Waals surface area contributed by atoms with Crippen molar-refractivity contribution >= 4 is 11.8 Å². The molecular weight excluding hydrogens is 228 g/mol. The van der Waals surface area contributed by atoms with Gasteiger partial charge in [-0.3, -0.25) is 9.59 Å². The van der Waals surface area contributed by atoms with Gasteiger partial charge in [0.05, 0.1) is 12.0 Å². The summed E-state index contributed by atoms with van der Waals surface area (Å²) in [6.07, 6.45) is 4.69. The maximum atomic E-state index is 12.4. The fraction of sp³-hybridized carbons (Fsp3) is 0.733. The summed E-state index contributed by atoms with van der Waals surface area (Å²) in [6, 6.07) is 0. The van der Waals surface area contributed by atoms with E-state index < -0.39 is 5.41 Å². The van der Waals surface area contributed by atoms with Gasteiger partial charge in [0.15, 0.2) is 5.78 Å². The van der Waals surface area contributed by atoms with Crippen LogP contribution in [-0.2, 0) is 14.3 Å². The standard InChI is InChI=1S/C15H22O3/c1-4-18-14(17)15-8-7-12(16)9-11(15)5-6-13(15)10(2)3/h9-10,13H,4-8H2,1-3H3/t13-,15-/m1/s1. The van der Waals surface area contributed by atoms with Crippen molar-refractivity contribution in [2.24, 2.45) is 17.3 Å². The van der Waals surface area contributed by atoms with Gasteiger partial charge in [-0.05, 0) is 49.7 Å². The molecule has 0 bridgehead atoms. The number of hydrogen-bond donors (Lipinski definition) is 0. The van der Waals surface area contributed by atoms with Crippen LogP contribution in [0.2, 0.25) is 0 Å². The lowest BCUT2D eigenvalue weighted by molar-refractivity contribution is -0.157. The van der Waals surface area contributed by atoms with Crippen molar-refractivity contribution in [1.82, 2.24) is 0 Å². The quantitative estimate of drug-likeness (QED) is 0.723. The fourth-order valence-corrected chi connectivity index (χ4v) is 3.70. The summed E-state index contributed by atoms with van der Waals surface area (Å²) in [6.45, 7) is 6.56. The molecule has 0 N–H and O–H groups in total. The summed E-state index contributed by atoms with van der Waals surface area (Å²) in [7, 11) is 0. The predicted octanol–water partition coefficient (Wildman–Crippen LogP) is 2.89. The molecule has 2 aliphatic rings. The van der Waals surface area contributed by atoms with Crippen molar-refractivity contribution in [2.45, 2.75) is 46.5 Å². The molecule has 0 amide bonds. The van der Waals surface area contributed by atoms with Crippen LogP contribution in [0.15, 0.2) is 11.6 Å². The van der Waals surface area contributed by atoms with Crippen LogP contribution in [-0.4, -0.2) is 18.4 Å². The van der Waals surface area contributed by atoms with Crippen molar-refractivity contribution < 1.29 is 14.3 Å². The van der Waals surface area contributed by atoms with E-state index in [0.29, 0.717) is 31.3 Å². The lowest BCUT2D eigenvalue weighted by Gasteiger charge is -2.38. The highest BCUT2D eigenvalue weighted by atomic mass is 16.5. The third-order valence-electron chi connectivity index (χ3n) is 4.48. The first-order chi connectivity index (χ1) is 8.52. The smallest absolute Gasteiger partial charge is 0.316 e. The molecule has 0 aromatic rings. The van der Waals surface area contributed by atoms with E-state index >= 15 is 0 Å². The number of carbonyl (C=O) groups excluding carboxylic acids is 2. The fourth-order valence-electron chi connectivity index (χ4n) is 3.70. The first kappa shape index (κ1) is 13.3. The van der Waals surface area contributed by atoms with E-state index in [-0.39, 0.29) is 11.8 Å². The van der Waals surface area contributed by atoms with Crippen molar-refractivity contribution in [3.8, 4) is 0 Å². The van der Waals surface area contributed by atoms with Crippen LogP contribution in [0.5, 0.6) is 0 Å². The van der Waals surface area contributed by atoms with E-state index in [4.69, 9.17) is 4.74 Å². The lowest BCUT2D eigenvalue weighted by atomic mass is 9.65. The Kier molecular flexibility index (Phi) is 3.60. The Morgan fingerprint density at radius 3 is 2.83 bits per heavy atom. The van der Waals surface area contributed by atoms with Gasteiger partial charge in [-0.2, -0.15) is 0 Å². The van der Waals surface area contributed by atoms with Crippen LogP contribution >= 0.6 is 0 Å². The Bertz CT molecular complexity index is 395. The zero-order valence-electron chi connectivity index (χ0n) is 11.5. The molecule has 0 unspecified atom stereocenters. The summed E-state index contributed by atoms with van der Waals surface area (Å²) in [5, 5.41) is 0. The number of esters is 1. The van der Waals surface area contributed by atoms with Crippen LogP contribution in [0.3, 0.4) is 0 Å². The van der Waals surface area contributed by atoms with Gasteiger partial charge >= 0.3 is 5.97 Å². The molecule has 0 radical (unpaired) electrons. The van der Waals surface area contributed by atoms with Crippen LogP contribution < -0.4 is 0 Å². The molecule has 100 valence electrons. The summed E-state index contributed by atoms with van der Waals surface area (Å²) < 4.78 is 5.31. The van der Waals surface area contributed by atoms with Gasteiger partial charge in [-0.1, -0.05) is 13.8 Å². The van der Waals surface area contributed by atoms with Gasteiger partial charge in [0.25, 0.3) is 0 Å². The van der Waals surface area contributed by atoms with E-state index in [0.717, 1.165) is 18.4 Å². The first-order valence-corrected chi connectivity index (χ1v) is 6.93. The minimum Gasteiger partial charge on any atom is -0.465 e. The van der Waals surface area contributed by atoms with E-state index in [2.05, 4.69) is 13.8 Å². The molecule has 0 aromatic heterocycles. The lowest BCUT2D eigenvalue weighted by Crippen LogP contribution is -2.42. The van der Waals surface area contributed by atoms with Crippen molar-refractivity contribution in [3.05, 3.63) is 11.6 Å². The second-order valence-electron chi connectivity index (χ2n) is 5.72. The number of carbonyl (C=O) groups is 2. The summed E-state index contributed by atoms with van der Waals surface area (Å²) in [5.74, 6) is 0.804. The van der Waals surface area contributed by atoms with Gasteiger partial charge in [0, 0.05) is 6.42 Å². The van der Waals surface area contributed by atoms with E-state index in [1.165, 1.54) is 0 Å². The van der Waals surface area contributed by atoms with Gasteiger partial charge in [0.1, 0.15) is 0 Å². The normalized spacial score (nSPS) is 31.2. The molecule has 2 aliphatic carbocycles. The number of fused-ring (bicyclic) bond motifs is 1. The van der Waals surface area contributed by atoms with Gasteiger partial charge in [-0.25, -0.2) is 0 Å². The Morgan fingerprint density at radius 1 is 1.50 bits per heavy atom. The minimum atomic E-state index is -0.502. The number of allylic oxidation sites excluding steroid dienone is 1. The Morgan fingerprint density at radius 2 is 2.22 bits per heavy atom. The Balaban J connectivity index is 2.42.